The normalized spacial score (nSPS) is 12.2. The number of pyridine rings is 1. The monoisotopic (exact) mass is 356 g/mol. The van der Waals surface area contributed by atoms with E-state index in [1.807, 2.05) is 49.4 Å². The molecule has 0 spiro atoms. The summed E-state index contributed by atoms with van der Waals surface area (Å²) in [5.74, 6) is -0.170. The minimum Gasteiger partial charge on any atom is -0.349 e. The number of nitrogens with one attached hydrogen (secondary N) is 2. The van der Waals surface area contributed by atoms with Gasteiger partial charge in [0, 0.05) is 11.1 Å². The number of carbonyl (C=O) groups is 1. The summed E-state index contributed by atoms with van der Waals surface area (Å²) in [6.07, 6.45) is 0.0537. The number of fused-ring (bicyclic) bond motifs is 2. The Labute approximate surface area is 156 Å². The Kier molecular flexibility index (Phi) is 4.47. The highest BCUT2D eigenvalue weighted by molar-refractivity contribution is 5.84. The van der Waals surface area contributed by atoms with Crippen LogP contribution in [0.3, 0.4) is 0 Å². The SMILES string of the molecule is C[C@H](NC(=O)Cc1cc2ccccc2[nH]c1=O)c1ccc2ccccc2c1. The fourth-order valence-electron chi connectivity index (χ4n) is 3.35. The predicted molar refractivity (Wildman–Crippen MR) is 109 cm³/mol. The summed E-state index contributed by atoms with van der Waals surface area (Å²) in [6, 6.07) is 23.5. The van der Waals surface area contributed by atoms with Crippen LogP contribution in [0.15, 0.2) is 77.6 Å². The number of benzene rings is 3. The molecule has 0 bridgehead atoms. The van der Waals surface area contributed by atoms with Crippen molar-refractivity contribution in [2.24, 2.45) is 0 Å². The number of para-hydroxylation sites is 1. The second-order valence-corrected chi connectivity index (χ2v) is 6.78. The van der Waals surface area contributed by atoms with Gasteiger partial charge < -0.3 is 10.3 Å². The molecule has 0 aliphatic rings. The zero-order valence-electron chi connectivity index (χ0n) is 15.0. The summed E-state index contributed by atoms with van der Waals surface area (Å²) in [5, 5.41) is 6.22. The number of H-pyrrole nitrogens is 1. The third-order valence-corrected chi connectivity index (χ3v) is 4.83. The van der Waals surface area contributed by atoms with Crippen LogP contribution < -0.4 is 10.9 Å². The van der Waals surface area contributed by atoms with Crippen molar-refractivity contribution < 1.29 is 4.79 Å². The van der Waals surface area contributed by atoms with Crippen LogP contribution >= 0.6 is 0 Å². The van der Waals surface area contributed by atoms with Gasteiger partial charge in [0.2, 0.25) is 5.91 Å². The Bertz CT molecular complexity index is 1190. The van der Waals surface area contributed by atoms with Gasteiger partial charge in [-0.2, -0.15) is 0 Å². The van der Waals surface area contributed by atoms with E-state index in [2.05, 4.69) is 34.6 Å². The van der Waals surface area contributed by atoms with Crippen LogP contribution in [-0.2, 0) is 11.2 Å². The van der Waals surface area contributed by atoms with Crippen molar-refractivity contribution in [3.8, 4) is 0 Å². The third-order valence-electron chi connectivity index (χ3n) is 4.83. The zero-order valence-corrected chi connectivity index (χ0v) is 15.0. The van der Waals surface area contributed by atoms with Gasteiger partial charge in [-0.15, -0.1) is 0 Å². The Morgan fingerprint density at radius 3 is 2.44 bits per heavy atom. The Morgan fingerprint density at radius 2 is 1.63 bits per heavy atom. The molecule has 0 unspecified atom stereocenters. The van der Waals surface area contributed by atoms with E-state index in [9.17, 15) is 9.59 Å². The molecule has 4 heteroatoms. The Hall–Kier alpha value is -3.40. The number of hydrogen-bond donors (Lipinski definition) is 2. The van der Waals surface area contributed by atoms with Gasteiger partial charge in [-0.05, 0) is 46.8 Å². The molecule has 2 N–H and O–H groups in total. The van der Waals surface area contributed by atoms with Gasteiger partial charge in [-0.3, -0.25) is 9.59 Å². The van der Waals surface area contributed by atoms with E-state index in [1.165, 1.54) is 5.39 Å². The number of hydrogen-bond acceptors (Lipinski definition) is 2. The smallest absolute Gasteiger partial charge is 0.252 e. The highest BCUT2D eigenvalue weighted by atomic mass is 16.2. The van der Waals surface area contributed by atoms with E-state index < -0.39 is 0 Å². The molecular weight excluding hydrogens is 336 g/mol. The number of amides is 1. The standard InChI is InChI=1S/C23H20N2O2/c1-15(17-11-10-16-6-2-3-7-18(16)12-17)24-22(26)14-20-13-19-8-4-5-9-21(19)25-23(20)27/h2-13,15H,14H2,1H3,(H,24,26)(H,25,27)/t15-/m0/s1. The lowest BCUT2D eigenvalue weighted by molar-refractivity contribution is -0.121. The Balaban J connectivity index is 1.51. The summed E-state index contributed by atoms with van der Waals surface area (Å²) >= 11 is 0. The highest BCUT2D eigenvalue weighted by Crippen LogP contribution is 2.20. The summed E-state index contributed by atoms with van der Waals surface area (Å²) in [5.41, 5.74) is 2.06. The van der Waals surface area contributed by atoms with Crippen molar-refractivity contribution in [1.29, 1.82) is 0 Å². The first-order valence-corrected chi connectivity index (χ1v) is 8.99. The van der Waals surface area contributed by atoms with Gasteiger partial charge in [0.05, 0.1) is 12.5 Å². The largest absolute Gasteiger partial charge is 0.349 e. The molecule has 1 heterocycles. The quantitative estimate of drug-likeness (QED) is 0.578. The third kappa shape index (κ3) is 3.60. The van der Waals surface area contributed by atoms with Crippen LogP contribution in [0.2, 0.25) is 0 Å². The molecule has 1 amide bonds. The van der Waals surface area contributed by atoms with Crippen molar-refractivity contribution in [3.63, 3.8) is 0 Å². The summed E-state index contributed by atoms with van der Waals surface area (Å²) in [7, 11) is 0. The van der Waals surface area contributed by atoms with Crippen molar-refractivity contribution in [3.05, 3.63) is 94.3 Å². The molecule has 4 aromatic rings. The molecule has 27 heavy (non-hydrogen) atoms. The number of aromatic amines is 1. The first kappa shape index (κ1) is 17.0. The van der Waals surface area contributed by atoms with Crippen molar-refractivity contribution in [2.45, 2.75) is 19.4 Å². The lowest BCUT2D eigenvalue weighted by Crippen LogP contribution is -2.30. The molecule has 0 aliphatic heterocycles. The molecule has 0 saturated carbocycles. The molecular formula is C23H20N2O2. The fourth-order valence-corrected chi connectivity index (χ4v) is 3.35. The first-order valence-electron chi connectivity index (χ1n) is 8.99. The molecule has 1 atom stereocenters. The average Bonchev–Trinajstić information content (AvgIpc) is 2.68. The van der Waals surface area contributed by atoms with Gasteiger partial charge in [0.25, 0.3) is 5.56 Å². The van der Waals surface area contributed by atoms with Gasteiger partial charge in [-0.1, -0.05) is 54.6 Å². The second-order valence-electron chi connectivity index (χ2n) is 6.78. The molecule has 0 radical (unpaired) electrons. The van der Waals surface area contributed by atoms with E-state index in [-0.39, 0.29) is 23.9 Å². The summed E-state index contributed by atoms with van der Waals surface area (Å²) in [6.45, 7) is 1.95. The number of carbonyl (C=O) groups excluding carboxylic acids is 1. The highest BCUT2D eigenvalue weighted by Gasteiger charge is 2.13. The van der Waals surface area contributed by atoms with Gasteiger partial charge in [0.15, 0.2) is 0 Å². The first-order chi connectivity index (χ1) is 13.1. The van der Waals surface area contributed by atoms with Gasteiger partial charge in [0.1, 0.15) is 0 Å². The van der Waals surface area contributed by atoms with Crippen molar-refractivity contribution >= 4 is 27.6 Å². The predicted octanol–water partition coefficient (Wildman–Crippen LogP) is 4.10. The topological polar surface area (TPSA) is 62.0 Å². The maximum absolute atomic E-state index is 12.5. The fraction of sp³-hybridized carbons (Fsp3) is 0.130. The van der Waals surface area contributed by atoms with Gasteiger partial charge >= 0.3 is 0 Å². The Morgan fingerprint density at radius 1 is 0.926 bits per heavy atom. The van der Waals surface area contributed by atoms with E-state index >= 15 is 0 Å². The molecule has 4 nitrogen and oxygen atoms in total. The maximum atomic E-state index is 12.5. The van der Waals surface area contributed by atoms with Crippen LogP contribution in [0, 0.1) is 0 Å². The van der Waals surface area contributed by atoms with Gasteiger partial charge in [-0.25, -0.2) is 0 Å². The maximum Gasteiger partial charge on any atom is 0.252 e. The van der Waals surface area contributed by atoms with E-state index in [1.54, 1.807) is 6.07 Å². The van der Waals surface area contributed by atoms with Crippen LogP contribution in [-0.4, -0.2) is 10.9 Å². The van der Waals surface area contributed by atoms with Crippen LogP contribution in [0.5, 0.6) is 0 Å². The lowest BCUT2D eigenvalue weighted by Gasteiger charge is -2.15. The average molecular weight is 356 g/mol. The van der Waals surface area contributed by atoms with Crippen LogP contribution in [0.1, 0.15) is 24.1 Å². The van der Waals surface area contributed by atoms with Crippen molar-refractivity contribution in [2.75, 3.05) is 0 Å². The molecule has 1 aromatic heterocycles. The molecule has 0 aliphatic carbocycles. The van der Waals surface area contributed by atoms with E-state index in [0.717, 1.165) is 21.9 Å². The molecule has 3 aromatic carbocycles. The molecule has 4 rings (SSSR count). The van der Waals surface area contributed by atoms with Crippen LogP contribution in [0.25, 0.3) is 21.7 Å². The summed E-state index contributed by atoms with van der Waals surface area (Å²) < 4.78 is 0. The minimum atomic E-state index is -0.220. The van der Waals surface area contributed by atoms with Crippen molar-refractivity contribution in [1.82, 2.24) is 10.3 Å². The van der Waals surface area contributed by atoms with E-state index in [0.29, 0.717) is 5.56 Å². The molecule has 134 valence electrons. The van der Waals surface area contributed by atoms with E-state index in [4.69, 9.17) is 0 Å². The second kappa shape index (κ2) is 7.08. The number of aromatic nitrogens is 1. The zero-order chi connectivity index (χ0) is 18.8. The minimum absolute atomic E-state index is 0.0537. The lowest BCUT2D eigenvalue weighted by atomic mass is 10.0. The summed E-state index contributed by atoms with van der Waals surface area (Å²) in [4.78, 5) is 27.6. The molecule has 0 saturated heterocycles. The molecule has 0 fully saturated rings. The van der Waals surface area contributed by atoms with Crippen LogP contribution in [0.4, 0.5) is 0 Å². The number of rotatable bonds is 4.